The first-order valence-corrected chi connectivity index (χ1v) is 5.55. The molecule has 1 heterocycles. The molecule has 0 radical (unpaired) electrons. The van der Waals surface area contributed by atoms with Crippen LogP contribution in [0, 0.1) is 0 Å². The number of rotatable bonds is 3. The number of aromatic nitrogens is 3. The van der Waals surface area contributed by atoms with Gasteiger partial charge in [-0.15, -0.1) is 0 Å². The van der Waals surface area contributed by atoms with Crippen LogP contribution in [-0.2, 0) is 0 Å². The molecule has 0 saturated heterocycles. The van der Waals surface area contributed by atoms with E-state index in [4.69, 9.17) is 10.5 Å². The van der Waals surface area contributed by atoms with Crippen molar-refractivity contribution in [3.63, 3.8) is 0 Å². The second-order valence-electron chi connectivity index (χ2n) is 3.11. The third-order valence-corrected chi connectivity index (χ3v) is 2.63. The van der Waals surface area contributed by atoms with Gasteiger partial charge in [-0.1, -0.05) is 12.1 Å². The number of halogens is 1. The molecular weight excluding hydrogens is 286 g/mol. The Hall–Kier alpha value is -1.89. The summed E-state index contributed by atoms with van der Waals surface area (Å²) >= 11 is 3.41. The van der Waals surface area contributed by atoms with E-state index in [0.29, 0.717) is 5.95 Å². The first-order valence-electron chi connectivity index (χ1n) is 4.76. The molecule has 0 aliphatic heterocycles. The Balaban J connectivity index is 2.30. The molecule has 0 fully saturated rings. The summed E-state index contributed by atoms with van der Waals surface area (Å²) in [5.41, 5.74) is 6.37. The summed E-state index contributed by atoms with van der Waals surface area (Å²) in [5.74, 6) is 0.438. The number of ether oxygens (including phenoxy) is 1. The average Bonchev–Trinajstić information content (AvgIpc) is 2.31. The van der Waals surface area contributed by atoms with Gasteiger partial charge in [0.1, 0.15) is 0 Å². The Morgan fingerprint density at radius 2 is 2.00 bits per heavy atom. The lowest BCUT2D eigenvalue weighted by atomic mass is 10.3. The van der Waals surface area contributed by atoms with Crippen LogP contribution in [0.15, 0.2) is 28.7 Å². The Bertz CT molecular complexity index is 534. The Morgan fingerprint density at radius 1 is 1.24 bits per heavy atom. The maximum absolute atomic E-state index is 5.53. The highest BCUT2D eigenvalue weighted by Crippen LogP contribution is 2.24. The predicted octanol–water partition coefficient (Wildman–Crippen LogP) is 1.97. The zero-order chi connectivity index (χ0) is 12.3. The van der Waals surface area contributed by atoms with Gasteiger partial charge in [-0.25, -0.2) is 0 Å². The first-order chi connectivity index (χ1) is 8.19. The molecule has 2 rings (SSSR count). The SMILES string of the molecule is COc1nc(N)nc(Nc2ccccc2Br)n1. The molecule has 0 atom stereocenters. The lowest BCUT2D eigenvalue weighted by Gasteiger charge is -2.07. The molecule has 0 saturated carbocycles. The molecule has 88 valence electrons. The van der Waals surface area contributed by atoms with Crippen molar-refractivity contribution in [1.82, 2.24) is 15.0 Å². The third kappa shape index (κ3) is 2.82. The van der Waals surface area contributed by atoms with Gasteiger partial charge in [0.25, 0.3) is 0 Å². The van der Waals surface area contributed by atoms with Gasteiger partial charge in [0, 0.05) is 4.47 Å². The molecule has 0 aliphatic rings. The summed E-state index contributed by atoms with van der Waals surface area (Å²) < 4.78 is 5.81. The quantitative estimate of drug-likeness (QED) is 0.900. The van der Waals surface area contributed by atoms with E-state index in [1.165, 1.54) is 7.11 Å². The summed E-state index contributed by atoms with van der Waals surface area (Å²) in [7, 11) is 1.47. The van der Waals surface area contributed by atoms with Gasteiger partial charge in [0.2, 0.25) is 11.9 Å². The fourth-order valence-electron chi connectivity index (χ4n) is 1.20. The summed E-state index contributed by atoms with van der Waals surface area (Å²) in [6.07, 6.45) is 0. The lowest BCUT2D eigenvalue weighted by molar-refractivity contribution is 0.380. The van der Waals surface area contributed by atoms with E-state index in [1.54, 1.807) is 0 Å². The van der Waals surface area contributed by atoms with Crippen LogP contribution in [0.2, 0.25) is 0 Å². The standard InChI is InChI=1S/C10H10BrN5O/c1-17-10-15-8(12)14-9(16-10)13-7-5-3-2-4-6(7)11/h2-5H,1H3,(H3,12,13,14,15,16). The van der Waals surface area contributed by atoms with E-state index in [0.717, 1.165) is 10.2 Å². The number of para-hydroxylation sites is 1. The van der Waals surface area contributed by atoms with Crippen molar-refractivity contribution < 1.29 is 4.74 Å². The van der Waals surface area contributed by atoms with Crippen molar-refractivity contribution in [2.45, 2.75) is 0 Å². The molecule has 0 amide bonds. The molecule has 0 spiro atoms. The van der Waals surface area contributed by atoms with Gasteiger partial charge >= 0.3 is 6.01 Å². The predicted molar refractivity (Wildman–Crippen MR) is 68.2 cm³/mol. The highest BCUT2D eigenvalue weighted by atomic mass is 79.9. The van der Waals surface area contributed by atoms with Gasteiger partial charge in [0.15, 0.2) is 0 Å². The van der Waals surface area contributed by atoms with Crippen molar-refractivity contribution in [3.05, 3.63) is 28.7 Å². The van der Waals surface area contributed by atoms with Crippen LogP contribution in [0.3, 0.4) is 0 Å². The summed E-state index contributed by atoms with van der Waals surface area (Å²) in [6, 6.07) is 7.78. The number of hydrogen-bond acceptors (Lipinski definition) is 6. The maximum Gasteiger partial charge on any atom is 0.322 e. The Kier molecular flexibility index (Phi) is 3.38. The number of nitrogens with zero attached hydrogens (tertiary/aromatic N) is 3. The van der Waals surface area contributed by atoms with Crippen LogP contribution < -0.4 is 15.8 Å². The highest BCUT2D eigenvalue weighted by molar-refractivity contribution is 9.10. The zero-order valence-electron chi connectivity index (χ0n) is 9.01. The van der Waals surface area contributed by atoms with Gasteiger partial charge in [-0.3, -0.25) is 0 Å². The molecular formula is C10H10BrN5O. The van der Waals surface area contributed by atoms with E-state index < -0.39 is 0 Å². The number of benzene rings is 1. The zero-order valence-corrected chi connectivity index (χ0v) is 10.6. The van der Waals surface area contributed by atoms with Crippen LogP contribution in [0.5, 0.6) is 6.01 Å². The van der Waals surface area contributed by atoms with Crippen LogP contribution in [0.1, 0.15) is 0 Å². The molecule has 17 heavy (non-hydrogen) atoms. The summed E-state index contributed by atoms with van der Waals surface area (Å²) in [5, 5.41) is 3.02. The average molecular weight is 296 g/mol. The van der Waals surface area contributed by atoms with E-state index >= 15 is 0 Å². The molecule has 3 N–H and O–H groups in total. The molecule has 0 bridgehead atoms. The van der Waals surface area contributed by atoms with Gasteiger partial charge in [-0.05, 0) is 28.1 Å². The molecule has 1 aromatic carbocycles. The van der Waals surface area contributed by atoms with Gasteiger partial charge in [-0.2, -0.15) is 15.0 Å². The molecule has 0 unspecified atom stereocenters. The molecule has 7 heteroatoms. The fraction of sp³-hybridized carbons (Fsp3) is 0.100. The van der Waals surface area contributed by atoms with Gasteiger partial charge < -0.3 is 15.8 Å². The lowest BCUT2D eigenvalue weighted by Crippen LogP contribution is -2.05. The molecule has 6 nitrogen and oxygen atoms in total. The number of hydrogen-bond donors (Lipinski definition) is 2. The van der Waals surface area contributed by atoms with Crippen molar-refractivity contribution in [2.24, 2.45) is 0 Å². The number of nitrogen functional groups attached to an aromatic ring is 1. The number of nitrogens with one attached hydrogen (secondary N) is 1. The van der Waals surface area contributed by atoms with Gasteiger partial charge in [0.05, 0.1) is 12.8 Å². The van der Waals surface area contributed by atoms with Crippen LogP contribution in [0.25, 0.3) is 0 Å². The minimum atomic E-state index is 0.103. The molecule has 1 aromatic heterocycles. The largest absolute Gasteiger partial charge is 0.467 e. The number of nitrogens with two attached hydrogens (primary N) is 1. The third-order valence-electron chi connectivity index (χ3n) is 1.94. The number of methoxy groups -OCH3 is 1. The molecule has 0 aliphatic carbocycles. The number of anilines is 3. The normalized spacial score (nSPS) is 10.0. The van der Waals surface area contributed by atoms with E-state index in [2.05, 4.69) is 36.2 Å². The molecule has 2 aromatic rings. The smallest absolute Gasteiger partial charge is 0.322 e. The summed E-state index contributed by atoms with van der Waals surface area (Å²) in [4.78, 5) is 11.8. The minimum Gasteiger partial charge on any atom is -0.467 e. The second kappa shape index (κ2) is 4.96. The van der Waals surface area contributed by atoms with Crippen molar-refractivity contribution in [2.75, 3.05) is 18.2 Å². The van der Waals surface area contributed by atoms with Crippen molar-refractivity contribution >= 4 is 33.5 Å². The monoisotopic (exact) mass is 295 g/mol. The second-order valence-corrected chi connectivity index (χ2v) is 3.96. The van der Waals surface area contributed by atoms with Crippen LogP contribution >= 0.6 is 15.9 Å². The Morgan fingerprint density at radius 3 is 2.71 bits per heavy atom. The van der Waals surface area contributed by atoms with E-state index in [1.807, 2.05) is 24.3 Å². The maximum atomic E-state index is 5.53. The topological polar surface area (TPSA) is 86.0 Å². The van der Waals surface area contributed by atoms with Crippen molar-refractivity contribution in [3.8, 4) is 6.01 Å². The van der Waals surface area contributed by atoms with E-state index in [9.17, 15) is 0 Å². The summed E-state index contributed by atoms with van der Waals surface area (Å²) in [6.45, 7) is 0. The Labute approximate surface area is 106 Å². The highest BCUT2D eigenvalue weighted by Gasteiger charge is 2.06. The van der Waals surface area contributed by atoms with Crippen molar-refractivity contribution in [1.29, 1.82) is 0 Å². The fourth-order valence-corrected chi connectivity index (χ4v) is 1.59. The van der Waals surface area contributed by atoms with Crippen LogP contribution in [-0.4, -0.2) is 22.1 Å². The van der Waals surface area contributed by atoms with E-state index in [-0.39, 0.29) is 12.0 Å². The first kappa shape index (κ1) is 11.6. The minimum absolute atomic E-state index is 0.103. The van der Waals surface area contributed by atoms with Crippen LogP contribution in [0.4, 0.5) is 17.6 Å².